The van der Waals surface area contributed by atoms with Gasteiger partial charge in [-0.15, -0.1) is 0 Å². The smallest absolute Gasteiger partial charge is 0.163 e. The Morgan fingerprint density at radius 1 is 1.10 bits per heavy atom. The zero-order valence-corrected chi connectivity index (χ0v) is 11.2. The number of H-pyrrole nitrogens is 1. The number of aromatic amines is 1. The first-order chi connectivity index (χ1) is 10.1. The van der Waals surface area contributed by atoms with Crippen LogP contribution in [0.4, 0.5) is 0 Å². The number of aromatic nitrogens is 2. The maximum absolute atomic E-state index is 11.6. The van der Waals surface area contributed by atoms with Crippen molar-refractivity contribution < 1.29 is 14.7 Å². The maximum Gasteiger partial charge on any atom is 0.163 e. The summed E-state index contributed by atoms with van der Waals surface area (Å²) in [7, 11) is 0. The van der Waals surface area contributed by atoms with Crippen LogP contribution in [-0.2, 0) is 9.59 Å². The summed E-state index contributed by atoms with van der Waals surface area (Å²) in [5, 5.41) is 9.14. The Bertz CT molecular complexity index is 668. The normalized spacial score (nSPS) is 11.2. The van der Waals surface area contributed by atoms with Crippen molar-refractivity contribution in [1.29, 1.82) is 0 Å². The van der Waals surface area contributed by atoms with Crippen molar-refractivity contribution in [3.63, 3.8) is 0 Å². The Morgan fingerprint density at radius 3 is 2.38 bits per heavy atom. The van der Waals surface area contributed by atoms with Gasteiger partial charge in [0.2, 0.25) is 0 Å². The maximum atomic E-state index is 11.6. The molecule has 0 saturated carbocycles. The minimum atomic E-state index is -0.276. The summed E-state index contributed by atoms with van der Waals surface area (Å²) in [5.41, 5.74) is 1.48. The number of allylic oxidation sites excluding steroid dienone is 2. The molecule has 0 unspecified atom stereocenters. The van der Waals surface area contributed by atoms with Crippen LogP contribution in [0.5, 0.6) is 5.75 Å². The minimum Gasteiger partial charge on any atom is -0.508 e. The van der Waals surface area contributed by atoms with Gasteiger partial charge in [-0.1, -0.05) is 18.2 Å². The molecular formula is C16H14N2O3. The van der Waals surface area contributed by atoms with Gasteiger partial charge in [0.15, 0.2) is 11.6 Å². The predicted octanol–water partition coefficient (Wildman–Crippen LogP) is 2.37. The minimum absolute atomic E-state index is 0.164. The van der Waals surface area contributed by atoms with Gasteiger partial charge in [0.1, 0.15) is 5.75 Å². The van der Waals surface area contributed by atoms with Gasteiger partial charge in [-0.2, -0.15) is 0 Å². The summed E-state index contributed by atoms with van der Waals surface area (Å²) in [6, 6.07) is 6.42. The van der Waals surface area contributed by atoms with Crippen molar-refractivity contribution in [2.45, 2.75) is 6.42 Å². The number of hydrogen-bond donors (Lipinski definition) is 2. The van der Waals surface area contributed by atoms with Crippen molar-refractivity contribution in [1.82, 2.24) is 9.97 Å². The van der Waals surface area contributed by atoms with Crippen molar-refractivity contribution >= 4 is 23.7 Å². The lowest BCUT2D eigenvalue weighted by molar-refractivity contribution is -0.121. The Balaban J connectivity index is 1.86. The van der Waals surface area contributed by atoms with E-state index in [4.69, 9.17) is 5.11 Å². The second-order valence-corrected chi connectivity index (χ2v) is 4.37. The van der Waals surface area contributed by atoms with E-state index in [-0.39, 0.29) is 23.7 Å². The first kappa shape index (κ1) is 14.5. The van der Waals surface area contributed by atoms with E-state index in [1.807, 2.05) is 0 Å². The second kappa shape index (κ2) is 7.00. The summed E-state index contributed by atoms with van der Waals surface area (Å²) in [5.74, 6) is -0.384. The second-order valence-electron chi connectivity index (χ2n) is 4.37. The first-order valence-electron chi connectivity index (χ1n) is 6.33. The van der Waals surface area contributed by atoms with Gasteiger partial charge in [0.25, 0.3) is 0 Å². The van der Waals surface area contributed by atoms with Crippen LogP contribution in [0.25, 0.3) is 12.2 Å². The average Bonchev–Trinajstić information content (AvgIpc) is 2.98. The number of phenolic OH excluding ortho intramolecular Hbond substituents is 1. The summed E-state index contributed by atoms with van der Waals surface area (Å²) in [6.45, 7) is 0. The third-order valence-corrected chi connectivity index (χ3v) is 2.67. The highest BCUT2D eigenvalue weighted by Crippen LogP contribution is 2.10. The van der Waals surface area contributed by atoms with Gasteiger partial charge in [0.05, 0.1) is 24.6 Å². The highest BCUT2D eigenvalue weighted by molar-refractivity contribution is 6.10. The molecule has 1 aromatic heterocycles. The molecule has 0 aliphatic heterocycles. The van der Waals surface area contributed by atoms with E-state index in [2.05, 4.69) is 9.97 Å². The highest BCUT2D eigenvalue weighted by Gasteiger charge is 2.03. The molecule has 5 heteroatoms. The molecule has 1 aromatic carbocycles. The predicted molar refractivity (Wildman–Crippen MR) is 79.4 cm³/mol. The third kappa shape index (κ3) is 4.91. The van der Waals surface area contributed by atoms with Crippen molar-refractivity contribution in [3.8, 4) is 5.75 Å². The SMILES string of the molecule is O=C(/C=C/c1ccc(O)cc1)CC(=O)/C=C/c1cnc[nH]1. The number of nitrogens with zero attached hydrogens (tertiary/aromatic N) is 1. The van der Waals surface area contributed by atoms with Crippen molar-refractivity contribution in [3.05, 3.63) is 60.2 Å². The zero-order valence-electron chi connectivity index (χ0n) is 11.2. The molecule has 0 atom stereocenters. The van der Waals surface area contributed by atoms with Gasteiger partial charge in [0, 0.05) is 0 Å². The van der Waals surface area contributed by atoms with E-state index >= 15 is 0 Å². The van der Waals surface area contributed by atoms with Crippen LogP contribution in [0.2, 0.25) is 0 Å². The molecule has 0 amide bonds. The molecule has 0 aliphatic carbocycles. The van der Waals surface area contributed by atoms with Crippen LogP contribution >= 0.6 is 0 Å². The van der Waals surface area contributed by atoms with E-state index in [0.717, 1.165) is 5.56 Å². The van der Waals surface area contributed by atoms with Gasteiger partial charge < -0.3 is 10.1 Å². The molecule has 21 heavy (non-hydrogen) atoms. The number of rotatable bonds is 6. The number of ketones is 2. The van der Waals surface area contributed by atoms with Crippen LogP contribution in [0.15, 0.2) is 48.9 Å². The molecule has 106 valence electrons. The quantitative estimate of drug-likeness (QED) is 0.629. The lowest BCUT2D eigenvalue weighted by Gasteiger charge is -1.94. The number of carbonyl (C=O) groups is 2. The average molecular weight is 282 g/mol. The molecule has 0 aliphatic rings. The number of phenols is 1. The third-order valence-electron chi connectivity index (χ3n) is 2.67. The molecule has 5 nitrogen and oxygen atoms in total. The van der Waals surface area contributed by atoms with Crippen molar-refractivity contribution in [2.75, 3.05) is 0 Å². The lowest BCUT2D eigenvalue weighted by Crippen LogP contribution is -2.01. The fourth-order valence-corrected chi connectivity index (χ4v) is 1.60. The number of carbonyl (C=O) groups excluding carboxylic acids is 2. The monoisotopic (exact) mass is 282 g/mol. The van der Waals surface area contributed by atoms with Crippen molar-refractivity contribution in [2.24, 2.45) is 0 Å². The van der Waals surface area contributed by atoms with E-state index in [9.17, 15) is 9.59 Å². The Morgan fingerprint density at radius 2 is 1.76 bits per heavy atom. The number of hydrogen-bond acceptors (Lipinski definition) is 4. The molecule has 2 aromatic rings. The number of benzene rings is 1. The standard InChI is InChI=1S/C16H14N2O3/c19-14-5-1-12(2-6-14)3-7-15(20)9-16(21)8-4-13-10-17-11-18-13/h1-8,10-11,19H,9H2,(H,17,18)/b7-3+,8-4+. The Labute approximate surface area is 121 Å². The van der Waals surface area contributed by atoms with Crippen LogP contribution in [0, 0.1) is 0 Å². The van der Waals surface area contributed by atoms with Crippen LogP contribution in [0.3, 0.4) is 0 Å². The van der Waals surface area contributed by atoms with E-state index < -0.39 is 0 Å². The van der Waals surface area contributed by atoms with Crippen LogP contribution in [-0.4, -0.2) is 26.6 Å². The van der Waals surface area contributed by atoms with Crippen LogP contribution < -0.4 is 0 Å². The Kier molecular flexibility index (Phi) is 4.82. The zero-order chi connectivity index (χ0) is 15.1. The van der Waals surface area contributed by atoms with Gasteiger partial charge in [-0.05, 0) is 35.9 Å². The topological polar surface area (TPSA) is 83.0 Å². The summed E-state index contributed by atoms with van der Waals surface area (Å²) >= 11 is 0. The van der Waals surface area contributed by atoms with Crippen LogP contribution in [0.1, 0.15) is 17.7 Å². The van der Waals surface area contributed by atoms with Gasteiger partial charge in [-0.3, -0.25) is 9.59 Å². The molecule has 0 radical (unpaired) electrons. The van der Waals surface area contributed by atoms with Gasteiger partial charge >= 0.3 is 0 Å². The summed E-state index contributed by atoms with van der Waals surface area (Å²) < 4.78 is 0. The number of aromatic hydroxyl groups is 1. The molecule has 0 spiro atoms. The molecular weight excluding hydrogens is 268 g/mol. The largest absolute Gasteiger partial charge is 0.508 e. The molecule has 2 N–H and O–H groups in total. The summed E-state index contributed by atoms with van der Waals surface area (Å²) in [6.07, 6.45) is 8.79. The van der Waals surface area contributed by atoms with Gasteiger partial charge in [-0.25, -0.2) is 4.98 Å². The molecule has 0 saturated heterocycles. The number of nitrogens with one attached hydrogen (secondary N) is 1. The van der Waals surface area contributed by atoms with E-state index in [0.29, 0.717) is 5.69 Å². The lowest BCUT2D eigenvalue weighted by atomic mass is 10.1. The fourth-order valence-electron chi connectivity index (χ4n) is 1.60. The molecule has 0 fully saturated rings. The first-order valence-corrected chi connectivity index (χ1v) is 6.33. The van der Waals surface area contributed by atoms with E-state index in [1.54, 1.807) is 30.5 Å². The summed E-state index contributed by atoms with van der Waals surface area (Å²) in [4.78, 5) is 29.9. The number of imidazole rings is 1. The fraction of sp³-hybridized carbons (Fsp3) is 0.0625. The molecule has 2 rings (SSSR count). The molecule has 0 bridgehead atoms. The highest BCUT2D eigenvalue weighted by atomic mass is 16.3. The molecule has 1 heterocycles. The Hall–Kier alpha value is -2.95. The van der Waals surface area contributed by atoms with E-state index in [1.165, 1.54) is 30.6 Å².